The monoisotopic (exact) mass is 372 g/mol. The molecule has 4 heteroatoms. The molecule has 0 spiro atoms. The summed E-state index contributed by atoms with van der Waals surface area (Å²) in [7, 11) is 0. The normalized spacial score (nSPS) is 13.7. The number of carboxylic acids is 1. The highest BCUT2D eigenvalue weighted by molar-refractivity contribution is 5.66. The van der Waals surface area contributed by atoms with Crippen molar-refractivity contribution in [1.82, 2.24) is 0 Å². The number of carboxylic acid groups (broad SMARTS) is 1. The highest BCUT2D eigenvalue weighted by Gasteiger charge is 2.09. The van der Waals surface area contributed by atoms with Gasteiger partial charge in [0.2, 0.25) is 0 Å². The first-order chi connectivity index (χ1) is 12.6. The van der Waals surface area contributed by atoms with Gasteiger partial charge in [0, 0.05) is 6.42 Å². The lowest BCUT2D eigenvalue weighted by molar-refractivity contribution is -0.137. The predicted molar refractivity (Wildman–Crippen MR) is 108 cm³/mol. The Morgan fingerprint density at radius 2 is 1.00 bits per heavy atom. The molecule has 0 aliphatic heterocycles. The fourth-order valence-electron chi connectivity index (χ4n) is 3.37. The zero-order valence-electron chi connectivity index (χ0n) is 17.1. The summed E-state index contributed by atoms with van der Waals surface area (Å²) < 4.78 is 0. The maximum absolute atomic E-state index is 10.4. The minimum Gasteiger partial charge on any atom is -0.481 e. The van der Waals surface area contributed by atoms with Gasteiger partial charge in [0.15, 0.2) is 0 Å². The van der Waals surface area contributed by atoms with Crippen molar-refractivity contribution in [3.8, 4) is 0 Å². The molecule has 3 N–H and O–H groups in total. The number of aliphatic carboxylic acids is 1. The Labute approximate surface area is 161 Å². The minimum absolute atomic E-state index is 0.239. The summed E-state index contributed by atoms with van der Waals surface area (Å²) in [5.41, 5.74) is 0. The van der Waals surface area contributed by atoms with Crippen LogP contribution in [0.25, 0.3) is 0 Å². The summed E-state index contributed by atoms with van der Waals surface area (Å²) in [6, 6.07) is 0. The molecule has 0 rings (SSSR count). The fraction of sp³-hybridized carbons (Fsp3) is 0.955. The van der Waals surface area contributed by atoms with Crippen molar-refractivity contribution in [2.24, 2.45) is 0 Å². The van der Waals surface area contributed by atoms with Gasteiger partial charge in [0.1, 0.15) is 0 Å². The van der Waals surface area contributed by atoms with Crippen LogP contribution in [0.4, 0.5) is 0 Å². The summed E-state index contributed by atoms with van der Waals surface area (Å²) in [4.78, 5) is 10.4. The van der Waals surface area contributed by atoms with E-state index in [0.29, 0.717) is 6.42 Å². The molecule has 0 fully saturated rings. The molecule has 0 aliphatic carbocycles. The largest absolute Gasteiger partial charge is 0.481 e. The van der Waals surface area contributed by atoms with E-state index in [4.69, 9.17) is 5.11 Å². The second-order valence-electron chi connectivity index (χ2n) is 7.85. The molecule has 2 atom stereocenters. The Kier molecular flexibility index (Phi) is 18.7. The number of rotatable bonds is 20. The molecule has 4 nitrogen and oxygen atoms in total. The van der Waals surface area contributed by atoms with Gasteiger partial charge in [-0.25, -0.2) is 0 Å². The number of hydrogen-bond acceptors (Lipinski definition) is 3. The highest BCUT2D eigenvalue weighted by Crippen LogP contribution is 2.15. The Hall–Kier alpha value is -0.610. The van der Waals surface area contributed by atoms with Crippen molar-refractivity contribution in [2.75, 3.05) is 0 Å². The first-order valence-corrected chi connectivity index (χ1v) is 11.1. The fourth-order valence-corrected chi connectivity index (χ4v) is 3.37. The summed E-state index contributed by atoms with van der Waals surface area (Å²) in [5.74, 6) is -0.686. The van der Waals surface area contributed by atoms with E-state index in [-0.39, 0.29) is 12.2 Å². The van der Waals surface area contributed by atoms with E-state index in [0.717, 1.165) is 57.8 Å². The molecule has 0 aromatic carbocycles. The summed E-state index contributed by atoms with van der Waals surface area (Å²) >= 11 is 0. The SMILES string of the molecule is CCCCCCC(O)CCC(O)CCCCCCCCCCCC(=O)O. The number of hydrogen-bond donors (Lipinski definition) is 3. The Bertz CT molecular complexity index is 307. The maximum atomic E-state index is 10.4. The quantitative estimate of drug-likeness (QED) is 0.235. The van der Waals surface area contributed by atoms with Crippen LogP contribution in [0.2, 0.25) is 0 Å². The molecule has 0 radical (unpaired) electrons. The maximum Gasteiger partial charge on any atom is 0.303 e. The van der Waals surface area contributed by atoms with Crippen molar-refractivity contribution in [3.63, 3.8) is 0 Å². The lowest BCUT2D eigenvalue weighted by Gasteiger charge is -2.14. The van der Waals surface area contributed by atoms with Gasteiger partial charge in [0.05, 0.1) is 12.2 Å². The molecule has 2 unspecified atom stereocenters. The molecule has 0 saturated carbocycles. The van der Waals surface area contributed by atoms with Gasteiger partial charge in [-0.1, -0.05) is 84.0 Å². The first-order valence-electron chi connectivity index (χ1n) is 11.1. The number of aliphatic hydroxyl groups is 2. The van der Waals surface area contributed by atoms with Gasteiger partial charge in [-0.05, 0) is 32.1 Å². The van der Waals surface area contributed by atoms with Gasteiger partial charge in [-0.15, -0.1) is 0 Å². The van der Waals surface area contributed by atoms with E-state index in [1.54, 1.807) is 0 Å². The molecule has 0 amide bonds. The van der Waals surface area contributed by atoms with Crippen LogP contribution in [0.1, 0.15) is 122 Å². The third-order valence-electron chi connectivity index (χ3n) is 5.15. The van der Waals surface area contributed by atoms with E-state index in [2.05, 4.69) is 6.92 Å². The third kappa shape index (κ3) is 19.7. The van der Waals surface area contributed by atoms with Gasteiger partial charge in [-0.3, -0.25) is 4.79 Å². The van der Waals surface area contributed by atoms with Crippen LogP contribution < -0.4 is 0 Å². The highest BCUT2D eigenvalue weighted by atomic mass is 16.4. The van der Waals surface area contributed by atoms with Gasteiger partial charge >= 0.3 is 5.97 Å². The summed E-state index contributed by atoms with van der Waals surface area (Å²) in [5, 5.41) is 28.5. The van der Waals surface area contributed by atoms with E-state index in [1.165, 1.54) is 51.4 Å². The second kappa shape index (κ2) is 19.2. The minimum atomic E-state index is -0.686. The number of carbonyl (C=O) groups is 1. The smallest absolute Gasteiger partial charge is 0.303 e. The number of unbranched alkanes of at least 4 members (excludes halogenated alkanes) is 11. The zero-order valence-corrected chi connectivity index (χ0v) is 17.1. The van der Waals surface area contributed by atoms with Crippen molar-refractivity contribution >= 4 is 5.97 Å². The van der Waals surface area contributed by atoms with Crippen molar-refractivity contribution < 1.29 is 20.1 Å². The molecule has 0 aliphatic rings. The molecule has 0 aromatic heterocycles. The predicted octanol–water partition coefficient (Wildman–Crippen LogP) is 5.83. The number of aliphatic hydroxyl groups excluding tert-OH is 2. The summed E-state index contributed by atoms with van der Waals surface area (Å²) in [6.45, 7) is 2.19. The topological polar surface area (TPSA) is 77.8 Å². The Balaban J connectivity index is 3.28. The lowest BCUT2D eigenvalue weighted by Crippen LogP contribution is -2.13. The van der Waals surface area contributed by atoms with Crippen molar-refractivity contribution in [3.05, 3.63) is 0 Å². The Morgan fingerprint density at radius 3 is 1.42 bits per heavy atom. The van der Waals surface area contributed by atoms with E-state index in [9.17, 15) is 15.0 Å². The molecular weight excluding hydrogens is 328 g/mol. The van der Waals surface area contributed by atoms with Crippen LogP contribution in [-0.4, -0.2) is 33.5 Å². The Morgan fingerprint density at radius 1 is 0.615 bits per heavy atom. The van der Waals surface area contributed by atoms with Crippen LogP contribution in [0.5, 0.6) is 0 Å². The van der Waals surface area contributed by atoms with Crippen molar-refractivity contribution in [1.29, 1.82) is 0 Å². The van der Waals surface area contributed by atoms with Crippen LogP contribution in [0.3, 0.4) is 0 Å². The third-order valence-corrected chi connectivity index (χ3v) is 5.15. The molecule has 0 saturated heterocycles. The first kappa shape index (κ1) is 25.4. The van der Waals surface area contributed by atoms with E-state index in [1.807, 2.05) is 0 Å². The van der Waals surface area contributed by atoms with Crippen LogP contribution in [-0.2, 0) is 4.79 Å². The van der Waals surface area contributed by atoms with E-state index < -0.39 is 5.97 Å². The van der Waals surface area contributed by atoms with Gasteiger partial charge < -0.3 is 15.3 Å². The van der Waals surface area contributed by atoms with E-state index >= 15 is 0 Å². The van der Waals surface area contributed by atoms with Crippen LogP contribution in [0, 0.1) is 0 Å². The molecule has 26 heavy (non-hydrogen) atoms. The van der Waals surface area contributed by atoms with Gasteiger partial charge in [-0.2, -0.15) is 0 Å². The van der Waals surface area contributed by atoms with Crippen LogP contribution >= 0.6 is 0 Å². The van der Waals surface area contributed by atoms with Crippen LogP contribution in [0.15, 0.2) is 0 Å². The molecule has 156 valence electrons. The second-order valence-corrected chi connectivity index (χ2v) is 7.85. The zero-order chi connectivity index (χ0) is 19.5. The summed E-state index contributed by atoms with van der Waals surface area (Å²) in [6.07, 6.45) is 17.9. The molecular formula is C22H44O4. The average molecular weight is 373 g/mol. The standard InChI is InChI=1S/C22H44O4/c1-2-3-4-12-15-20(23)18-19-21(24)16-13-10-8-6-5-7-9-11-14-17-22(25)26/h20-21,23-24H,2-19H2,1H3,(H,25,26). The molecule has 0 aromatic rings. The van der Waals surface area contributed by atoms with Crippen molar-refractivity contribution in [2.45, 2.75) is 135 Å². The molecule has 0 heterocycles. The molecule has 0 bridgehead atoms. The average Bonchev–Trinajstić information content (AvgIpc) is 2.61. The van der Waals surface area contributed by atoms with Gasteiger partial charge in [0.25, 0.3) is 0 Å². The lowest BCUT2D eigenvalue weighted by atomic mass is 10.00.